The van der Waals surface area contributed by atoms with Crippen molar-refractivity contribution in [2.45, 2.75) is 33.6 Å². The first-order valence-corrected chi connectivity index (χ1v) is 5.44. The molecule has 0 aromatic heterocycles. The Kier molecular flexibility index (Phi) is 14.5. The summed E-state index contributed by atoms with van der Waals surface area (Å²) in [6, 6.07) is 8.44. The predicted molar refractivity (Wildman–Crippen MR) is 66.1 cm³/mol. The van der Waals surface area contributed by atoms with E-state index in [1.165, 1.54) is 11.1 Å². The first-order valence-electron chi connectivity index (χ1n) is 5.44. The van der Waals surface area contributed by atoms with Gasteiger partial charge in [0.1, 0.15) is 0 Å². The molecule has 0 radical (unpaired) electrons. The van der Waals surface area contributed by atoms with Gasteiger partial charge in [-0.2, -0.15) is 0 Å². The summed E-state index contributed by atoms with van der Waals surface area (Å²) in [5, 5.41) is 15.6. The number of aryl methyl sites for hydroxylation is 2. The summed E-state index contributed by atoms with van der Waals surface area (Å²) in [6.07, 6.45) is 1.85. The number of hydrogen-bond donors (Lipinski definition) is 2. The third kappa shape index (κ3) is 9.44. The Morgan fingerprint density at radius 3 is 1.87 bits per heavy atom. The summed E-state index contributed by atoms with van der Waals surface area (Å²) < 4.78 is 0. The van der Waals surface area contributed by atoms with Gasteiger partial charge in [-0.1, -0.05) is 43.7 Å². The van der Waals surface area contributed by atoms with Gasteiger partial charge in [-0.25, -0.2) is 0 Å². The molecule has 0 unspecified atom stereocenters. The Morgan fingerprint density at radius 1 is 1.00 bits per heavy atom. The van der Waals surface area contributed by atoms with Crippen LogP contribution in [0.1, 0.15) is 31.4 Å². The molecule has 0 amide bonds. The standard InChI is InChI=1S/C10H14O.C2H6.CH4O/c1-9-4-6-10(7-5-9)3-2-8-11;2*1-2/h4-7,11H,2-3,8H2,1H3;1-2H3;2H,1H3. The van der Waals surface area contributed by atoms with Gasteiger partial charge < -0.3 is 10.2 Å². The lowest BCUT2D eigenvalue weighted by Crippen LogP contribution is -1.88. The monoisotopic (exact) mass is 212 g/mol. The lowest BCUT2D eigenvalue weighted by Gasteiger charge is -1.98. The highest BCUT2D eigenvalue weighted by atomic mass is 16.3. The molecule has 0 aliphatic heterocycles. The molecule has 1 aromatic carbocycles. The fourth-order valence-corrected chi connectivity index (χ4v) is 1.04. The quantitative estimate of drug-likeness (QED) is 0.808. The van der Waals surface area contributed by atoms with Crippen LogP contribution >= 0.6 is 0 Å². The zero-order chi connectivity index (χ0) is 12.1. The molecule has 2 nitrogen and oxygen atoms in total. The Labute approximate surface area is 93.6 Å². The average Bonchev–Trinajstić information content (AvgIpc) is 2.34. The van der Waals surface area contributed by atoms with Crippen LogP contribution in [-0.4, -0.2) is 23.9 Å². The summed E-state index contributed by atoms with van der Waals surface area (Å²) in [7, 11) is 1.00. The van der Waals surface area contributed by atoms with Crippen LogP contribution in [0.5, 0.6) is 0 Å². The second kappa shape index (κ2) is 13.1. The second-order valence-corrected chi connectivity index (χ2v) is 2.81. The van der Waals surface area contributed by atoms with Crippen LogP contribution in [0.2, 0.25) is 0 Å². The maximum Gasteiger partial charge on any atom is 0.0434 e. The molecule has 0 aliphatic rings. The summed E-state index contributed by atoms with van der Waals surface area (Å²) in [6.45, 7) is 6.36. The molecule has 88 valence electrons. The van der Waals surface area contributed by atoms with Crippen LogP contribution < -0.4 is 0 Å². The third-order valence-electron chi connectivity index (χ3n) is 1.74. The summed E-state index contributed by atoms with van der Waals surface area (Å²) in [5.41, 5.74) is 2.60. The summed E-state index contributed by atoms with van der Waals surface area (Å²) in [5.74, 6) is 0. The van der Waals surface area contributed by atoms with E-state index in [4.69, 9.17) is 10.2 Å². The normalized spacial score (nSPS) is 8.13. The van der Waals surface area contributed by atoms with Gasteiger partial charge in [0.25, 0.3) is 0 Å². The maximum atomic E-state index is 8.58. The molecular weight excluding hydrogens is 188 g/mol. The SMILES string of the molecule is CC.CO.Cc1ccc(CCCO)cc1. The van der Waals surface area contributed by atoms with E-state index in [1.54, 1.807) is 0 Å². The van der Waals surface area contributed by atoms with Gasteiger partial charge in [-0.05, 0) is 25.3 Å². The Bertz CT molecular complexity index is 204. The van der Waals surface area contributed by atoms with Crippen molar-refractivity contribution in [1.82, 2.24) is 0 Å². The van der Waals surface area contributed by atoms with Crippen LogP contribution in [0.15, 0.2) is 24.3 Å². The van der Waals surface area contributed by atoms with Crippen molar-refractivity contribution >= 4 is 0 Å². The van der Waals surface area contributed by atoms with Crippen molar-refractivity contribution in [2.75, 3.05) is 13.7 Å². The fourth-order valence-electron chi connectivity index (χ4n) is 1.04. The Hall–Kier alpha value is -0.860. The van der Waals surface area contributed by atoms with Crippen molar-refractivity contribution in [2.24, 2.45) is 0 Å². The van der Waals surface area contributed by atoms with Crippen molar-refractivity contribution < 1.29 is 10.2 Å². The number of aliphatic hydroxyl groups is 2. The highest BCUT2D eigenvalue weighted by Gasteiger charge is 1.90. The third-order valence-corrected chi connectivity index (χ3v) is 1.74. The molecule has 0 saturated heterocycles. The maximum absolute atomic E-state index is 8.58. The zero-order valence-electron chi connectivity index (χ0n) is 10.3. The fraction of sp³-hybridized carbons (Fsp3) is 0.538. The molecule has 0 saturated carbocycles. The molecule has 0 spiro atoms. The Morgan fingerprint density at radius 2 is 1.47 bits per heavy atom. The van der Waals surface area contributed by atoms with E-state index < -0.39 is 0 Å². The second-order valence-electron chi connectivity index (χ2n) is 2.81. The molecule has 0 aliphatic carbocycles. The molecule has 1 aromatic rings. The van der Waals surface area contributed by atoms with Crippen LogP contribution in [0.3, 0.4) is 0 Å². The van der Waals surface area contributed by atoms with E-state index >= 15 is 0 Å². The molecule has 2 heteroatoms. The highest BCUT2D eigenvalue weighted by Crippen LogP contribution is 2.04. The van der Waals surface area contributed by atoms with Crippen LogP contribution in [0, 0.1) is 6.92 Å². The lowest BCUT2D eigenvalue weighted by molar-refractivity contribution is 0.288. The van der Waals surface area contributed by atoms with E-state index in [-0.39, 0.29) is 6.61 Å². The van der Waals surface area contributed by atoms with Gasteiger partial charge in [0.05, 0.1) is 0 Å². The van der Waals surface area contributed by atoms with Crippen LogP contribution in [-0.2, 0) is 6.42 Å². The summed E-state index contributed by atoms with van der Waals surface area (Å²) in [4.78, 5) is 0. The minimum atomic E-state index is 0.286. The molecule has 15 heavy (non-hydrogen) atoms. The van der Waals surface area contributed by atoms with Gasteiger partial charge in [-0.3, -0.25) is 0 Å². The minimum Gasteiger partial charge on any atom is -0.400 e. The lowest BCUT2D eigenvalue weighted by atomic mass is 10.1. The zero-order valence-corrected chi connectivity index (χ0v) is 10.3. The highest BCUT2D eigenvalue weighted by molar-refractivity contribution is 5.21. The van der Waals surface area contributed by atoms with Gasteiger partial charge in [0.15, 0.2) is 0 Å². The topological polar surface area (TPSA) is 40.5 Å². The first kappa shape index (κ1) is 16.6. The smallest absolute Gasteiger partial charge is 0.0434 e. The average molecular weight is 212 g/mol. The number of rotatable bonds is 3. The van der Waals surface area contributed by atoms with Crippen molar-refractivity contribution in [3.05, 3.63) is 35.4 Å². The van der Waals surface area contributed by atoms with E-state index in [0.29, 0.717) is 0 Å². The number of hydrogen-bond acceptors (Lipinski definition) is 2. The molecule has 0 heterocycles. The Balaban J connectivity index is 0. The molecule has 2 N–H and O–H groups in total. The predicted octanol–water partition coefficient (Wildman–Crippen LogP) is 2.55. The van der Waals surface area contributed by atoms with E-state index in [0.717, 1.165) is 20.0 Å². The molecule has 0 atom stereocenters. The minimum absolute atomic E-state index is 0.286. The van der Waals surface area contributed by atoms with E-state index in [9.17, 15) is 0 Å². The largest absolute Gasteiger partial charge is 0.400 e. The van der Waals surface area contributed by atoms with Gasteiger partial charge >= 0.3 is 0 Å². The van der Waals surface area contributed by atoms with E-state index in [2.05, 4.69) is 31.2 Å². The van der Waals surface area contributed by atoms with Crippen molar-refractivity contribution in [1.29, 1.82) is 0 Å². The summed E-state index contributed by atoms with van der Waals surface area (Å²) >= 11 is 0. The van der Waals surface area contributed by atoms with Gasteiger partial charge in [0.2, 0.25) is 0 Å². The van der Waals surface area contributed by atoms with Crippen molar-refractivity contribution in [3.8, 4) is 0 Å². The van der Waals surface area contributed by atoms with E-state index in [1.807, 2.05) is 13.8 Å². The molecular formula is C13H24O2. The van der Waals surface area contributed by atoms with Gasteiger partial charge in [0, 0.05) is 13.7 Å². The molecule has 1 rings (SSSR count). The van der Waals surface area contributed by atoms with Gasteiger partial charge in [-0.15, -0.1) is 0 Å². The van der Waals surface area contributed by atoms with Crippen LogP contribution in [0.4, 0.5) is 0 Å². The van der Waals surface area contributed by atoms with Crippen molar-refractivity contribution in [3.63, 3.8) is 0 Å². The molecule has 0 fully saturated rings. The molecule has 0 bridgehead atoms. The number of aliphatic hydroxyl groups excluding tert-OH is 2. The van der Waals surface area contributed by atoms with Crippen LogP contribution in [0.25, 0.3) is 0 Å². The number of benzene rings is 1. The first-order chi connectivity index (χ1) is 7.33.